The molecular weight excluding hydrogens is 221 g/mol. The molecular formula is C13H20FNS. The van der Waals surface area contributed by atoms with Gasteiger partial charge in [0.15, 0.2) is 0 Å². The highest BCUT2D eigenvalue weighted by atomic mass is 32.2. The van der Waals surface area contributed by atoms with Crippen LogP contribution in [-0.4, -0.2) is 25.1 Å². The van der Waals surface area contributed by atoms with Crippen LogP contribution in [0.3, 0.4) is 0 Å². The Balaban J connectivity index is 2.03. The van der Waals surface area contributed by atoms with Gasteiger partial charge in [-0.15, -0.1) is 0 Å². The molecule has 0 heterocycles. The van der Waals surface area contributed by atoms with Crippen LogP contribution >= 0.6 is 11.8 Å². The highest BCUT2D eigenvalue weighted by Gasteiger charge is 1.95. The number of nitrogens with one attached hydrogen (secondary N) is 1. The van der Waals surface area contributed by atoms with Gasteiger partial charge in [-0.2, -0.15) is 11.8 Å². The lowest BCUT2D eigenvalue weighted by Crippen LogP contribution is -2.18. The zero-order chi connectivity index (χ0) is 11.6. The third-order valence-corrected chi connectivity index (χ3v) is 3.13. The second kappa shape index (κ2) is 8.59. The second-order valence-electron chi connectivity index (χ2n) is 3.83. The number of rotatable bonds is 8. The minimum Gasteiger partial charge on any atom is -0.316 e. The Morgan fingerprint density at radius 2 is 2.12 bits per heavy atom. The summed E-state index contributed by atoms with van der Waals surface area (Å²) < 4.78 is 12.9. The Kier molecular flexibility index (Phi) is 7.26. The molecule has 0 aromatic heterocycles. The third-order valence-electron chi connectivity index (χ3n) is 2.43. The smallest absolute Gasteiger partial charge is 0.123 e. The standard InChI is InChI=1S/C13H20FNS/c1-16-10-3-2-8-15-9-7-12-5-4-6-13(14)11-12/h4-6,11,15H,2-3,7-10H2,1H3. The number of benzene rings is 1. The lowest BCUT2D eigenvalue weighted by atomic mass is 10.1. The van der Waals surface area contributed by atoms with Gasteiger partial charge in [-0.3, -0.25) is 0 Å². The SMILES string of the molecule is CSCCCCNCCc1cccc(F)c1. The molecule has 1 aromatic carbocycles. The summed E-state index contributed by atoms with van der Waals surface area (Å²) in [7, 11) is 0. The molecule has 0 amide bonds. The summed E-state index contributed by atoms with van der Waals surface area (Å²) in [6.45, 7) is 2.00. The van der Waals surface area contributed by atoms with Crippen LogP contribution < -0.4 is 5.32 Å². The fraction of sp³-hybridized carbons (Fsp3) is 0.538. The van der Waals surface area contributed by atoms with Crippen molar-refractivity contribution in [1.82, 2.24) is 5.32 Å². The summed E-state index contributed by atoms with van der Waals surface area (Å²) in [5, 5.41) is 3.38. The van der Waals surface area contributed by atoms with Gasteiger partial charge >= 0.3 is 0 Å². The highest BCUT2D eigenvalue weighted by molar-refractivity contribution is 7.98. The van der Waals surface area contributed by atoms with Gasteiger partial charge in [-0.05, 0) is 62.1 Å². The first-order chi connectivity index (χ1) is 7.83. The van der Waals surface area contributed by atoms with Crippen LogP contribution in [0, 0.1) is 5.82 Å². The van der Waals surface area contributed by atoms with E-state index in [1.807, 2.05) is 17.8 Å². The molecule has 0 radical (unpaired) electrons. The molecule has 1 N–H and O–H groups in total. The minimum atomic E-state index is -0.141. The number of hydrogen-bond donors (Lipinski definition) is 1. The summed E-state index contributed by atoms with van der Waals surface area (Å²) in [6.07, 6.45) is 5.54. The van der Waals surface area contributed by atoms with Crippen LogP contribution in [0.4, 0.5) is 4.39 Å². The van der Waals surface area contributed by atoms with Gasteiger partial charge < -0.3 is 5.32 Å². The minimum absolute atomic E-state index is 0.141. The molecule has 0 saturated heterocycles. The van der Waals surface area contributed by atoms with E-state index in [0.29, 0.717) is 0 Å². The van der Waals surface area contributed by atoms with E-state index < -0.39 is 0 Å². The predicted molar refractivity (Wildman–Crippen MR) is 70.6 cm³/mol. The molecule has 0 aliphatic carbocycles. The lowest BCUT2D eigenvalue weighted by Gasteiger charge is -2.04. The molecule has 90 valence electrons. The molecule has 0 unspecified atom stereocenters. The van der Waals surface area contributed by atoms with Crippen molar-refractivity contribution in [2.24, 2.45) is 0 Å². The Hall–Kier alpha value is -0.540. The van der Waals surface area contributed by atoms with E-state index in [2.05, 4.69) is 11.6 Å². The average Bonchev–Trinajstić information content (AvgIpc) is 2.28. The van der Waals surface area contributed by atoms with Crippen molar-refractivity contribution < 1.29 is 4.39 Å². The van der Waals surface area contributed by atoms with Crippen molar-refractivity contribution >= 4 is 11.8 Å². The molecule has 0 aliphatic heterocycles. The molecule has 0 bridgehead atoms. The summed E-state index contributed by atoms with van der Waals surface area (Å²) in [5.74, 6) is 1.10. The van der Waals surface area contributed by atoms with Gasteiger partial charge in [0, 0.05) is 0 Å². The van der Waals surface area contributed by atoms with Crippen LogP contribution in [0.5, 0.6) is 0 Å². The second-order valence-corrected chi connectivity index (χ2v) is 4.82. The van der Waals surface area contributed by atoms with E-state index in [9.17, 15) is 4.39 Å². The van der Waals surface area contributed by atoms with Crippen LogP contribution in [-0.2, 0) is 6.42 Å². The number of halogens is 1. The zero-order valence-electron chi connectivity index (χ0n) is 9.84. The van der Waals surface area contributed by atoms with Crippen LogP contribution in [0.1, 0.15) is 18.4 Å². The Labute approximate surface area is 102 Å². The maximum atomic E-state index is 12.9. The van der Waals surface area contributed by atoms with Gasteiger partial charge in [0.25, 0.3) is 0 Å². The lowest BCUT2D eigenvalue weighted by molar-refractivity contribution is 0.619. The first kappa shape index (κ1) is 13.5. The maximum Gasteiger partial charge on any atom is 0.123 e. The molecule has 16 heavy (non-hydrogen) atoms. The van der Waals surface area contributed by atoms with Gasteiger partial charge in [0.05, 0.1) is 0 Å². The number of unbranched alkanes of at least 4 members (excludes halogenated alkanes) is 1. The van der Waals surface area contributed by atoms with Crippen LogP contribution in [0.2, 0.25) is 0 Å². The molecule has 3 heteroatoms. The van der Waals surface area contributed by atoms with Crippen molar-refractivity contribution in [1.29, 1.82) is 0 Å². The van der Waals surface area contributed by atoms with Crippen molar-refractivity contribution in [3.8, 4) is 0 Å². The van der Waals surface area contributed by atoms with E-state index in [-0.39, 0.29) is 5.82 Å². The summed E-state index contributed by atoms with van der Waals surface area (Å²) in [4.78, 5) is 0. The molecule has 0 spiro atoms. The van der Waals surface area contributed by atoms with Crippen LogP contribution in [0.25, 0.3) is 0 Å². The molecule has 0 fully saturated rings. The van der Waals surface area contributed by atoms with Gasteiger partial charge in [0.1, 0.15) is 5.82 Å². The van der Waals surface area contributed by atoms with Crippen molar-refractivity contribution in [2.75, 3.05) is 25.1 Å². The Bertz CT molecular complexity index is 291. The largest absolute Gasteiger partial charge is 0.316 e. The first-order valence-corrected chi connectivity index (χ1v) is 7.16. The fourth-order valence-electron chi connectivity index (χ4n) is 1.55. The van der Waals surface area contributed by atoms with E-state index in [1.165, 1.54) is 24.7 Å². The molecule has 1 rings (SSSR count). The molecule has 0 saturated carbocycles. The Morgan fingerprint density at radius 1 is 1.25 bits per heavy atom. The molecule has 0 aliphatic rings. The average molecular weight is 241 g/mol. The third kappa shape index (κ3) is 6.13. The predicted octanol–water partition coefficient (Wildman–Crippen LogP) is 3.10. The summed E-state index contributed by atoms with van der Waals surface area (Å²) in [6, 6.07) is 6.83. The van der Waals surface area contributed by atoms with Crippen molar-refractivity contribution in [3.05, 3.63) is 35.6 Å². The van der Waals surface area contributed by atoms with Crippen molar-refractivity contribution in [3.63, 3.8) is 0 Å². The molecule has 1 aromatic rings. The fourth-order valence-corrected chi connectivity index (χ4v) is 2.04. The highest BCUT2D eigenvalue weighted by Crippen LogP contribution is 2.03. The van der Waals surface area contributed by atoms with Crippen molar-refractivity contribution in [2.45, 2.75) is 19.3 Å². The number of hydrogen-bond acceptors (Lipinski definition) is 2. The quantitative estimate of drug-likeness (QED) is 0.702. The van der Waals surface area contributed by atoms with Crippen LogP contribution in [0.15, 0.2) is 24.3 Å². The summed E-state index contributed by atoms with van der Waals surface area (Å²) >= 11 is 1.89. The first-order valence-electron chi connectivity index (χ1n) is 5.77. The van der Waals surface area contributed by atoms with E-state index in [4.69, 9.17) is 0 Å². The Morgan fingerprint density at radius 3 is 2.88 bits per heavy atom. The van der Waals surface area contributed by atoms with Gasteiger partial charge in [0.2, 0.25) is 0 Å². The van der Waals surface area contributed by atoms with Gasteiger partial charge in [-0.1, -0.05) is 12.1 Å². The topological polar surface area (TPSA) is 12.0 Å². The maximum absolute atomic E-state index is 12.9. The zero-order valence-corrected chi connectivity index (χ0v) is 10.7. The van der Waals surface area contributed by atoms with E-state index >= 15 is 0 Å². The van der Waals surface area contributed by atoms with E-state index in [1.54, 1.807) is 12.1 Å². The monoisotopic (exact) mass is 241 g/mol. The normalized spacial score (nSPS) is 10.6. The van der Waals surface area contributed by atoms with Gasteiger partial charge in [-0.25, -0.2) is 4.39 Å². The molecule has 0 atom stereocenters. The number of thioether (sulfide) groups is 1. The van der Waals surface area contributed by atoms with E-state index in [0.717, 1.165) is 25.1 Å². The molecule has 1 nitrogen and oxygen atoms in total. The summed E-state index contributed by atoms with van der Waals surface area (Å²) in [5.41, 5.74) is 1.07.